The molecule has 7 aromatic rings. The van der Waals surface area contributed by atoms with Crippen LogP contribution >= 0.6 is 11.3 Å². The lowest BCUT2D eigenvalue weighted by atomic mass is 10.1. The van der Waals surface area contributed by atoms with Gasteiger partial charge in [-0.25, -0.2) is 4.57 Å². The molecule has 0 aliphatic carbocycles. The summed E-state index contributed by atoms with van der Waals surface area (Å²) in [6.45, 7) is 1.99. The molecule has 0 unspecified atom stereocenters. The summed E-state index contributed by atoms with van der Waals surface area (Å²) in [4.78, 5) is 65.2. The van der Waals surface area contributed by atoms with Crippen LogP contribution in [-0.4, -0.2) is 9.13 Å². The number of hydrogen-bond acceptors (Lipinski definition) is 7. The third-order valence-corrected chi connectivity index (χ3v) is 8.35. The summed E-state index contributed by atoms with van der Waals surface area (Å²) in [5.41, 5.74) is -0.809. The standard InChI is InChI=1S/C31H18N2O6S/c1-15-3-7-17(8-4-15)39-18-9-5-16(6-10-18)33-30(37)20-12-24-26(14-22(20)31(33)38)40-25-13-21-19(11-23(25)27(24)34)28(35)32(2)29(21)36/h3-14H,1-2H3. The molecule has 9 heteroatoms. The highest BCUT2D eigenvalue weighted by Gasteiger charge is 2.19. The van der Waals surface area contributed by atoms with E-state index in [2.05, 4.69) is 0 Å². The lowest BCUT2D eigenvalue weighted by molar-refractivity contribution is 0.482. The molecule has 8 nitrogen and oxygen atoms in total. The minimum absolute atomic E-state index is 0.133. The fraction of sp³-hybridized carbons (Fsp3) is 0.0645. The Balaban J connectivity index is 1.38. The highest BCUT2D eigenvalue weighted by molar-refractivity contribution is 7.24. The quantitative estimate of drug-likeness (QED) is 0.307. The summed E-state index contributed by atoms with van der Waals surface area (Å²) in [5.74, 6) is 1.22. The Morgan fingerprint density at radius 3 is 1.57 bits per heavy atom. The Hall–Kier alpha value is -5.15. The highest BCUT2D eigenvalue weighted by atomic mass is 32.1. The van der Waals surface area contributed by atoms with Crippen LogP contribution in [0.1, 0.15) is 5.56 Å². The Bertz CT molecular complexity index is 2460. The van der Waals surface area contributed by atoms with Crippen molar-refractivity contribution < 1.29 is 4.74 Å². The first-order valence-corrected chi connectivity index (χ1v) is 13.2. The molecule has 3 aromatic heterocycles. The lowest BCUT2D eigenvalue weighted by Gasteiger charge is -2.07. The van der Waals surface area contributed by atoms with Gasteiger partial charge in [0, 0.05) is 27.2 Å². The van der Waals surface area contributed by atoms with E-state index < -0.39 is 22.2 Å². The van der Waals surface area contributed by atoms with Gasteiger partial charge in [-0.05, 0) is 67.6 Å². The minimum Gasteiger partial charge on any atom is -0.457 e. The zero-order chi connectivity index (χ0) is 27.9. The van der Waals surface area contributed by atoms with Gasteiger partial charge in [0.05, 0.1) is 27.2 Å². The van der Waals surface area contributed by atoms with Crippen LogP contribution in [-0.2, 0) is 7.05 Å². The van der Waals surface area contributed by atoms with Gasteiger partial charge in [0.15, 0.2) is 5.43 Å². The van der Waals surface area contributed by atoms with Crippen LogP contribution in [0.4, 0.5) is 0 Å². The molecule has 0 amide bonds. The third kappa shape index (κ3) is 3.41. The molecule has 0 fully saturated rings. The number of rotatable bonds is 3. The number of aryl methyl sites for hydroxylation is 1. The minimum atomic E-state index is -0.532. The van der Waals surface area contributed by atoms with Gasteiger partial charge in [-0.3, -0.25) is 28.5 Å². The number of fused-ring (bicyclic) bond motifs is 4. The molecule has 0 N–H and O–H groups in total. The van der Waals surface area contributed by atoms with Gasteiger partial charge in [-0.15, -0.1) is 11.3 Å². The third-order valence-electron chi connectivity index (χ3n) is 7.24. The van der Waals surface area contributed by atoms with Crippen LogP contribution in [0.2, 0.25) is 0 Å². The first kappa shape index (κ1) is 23.9. The molecule has 40 heavy (non-hydrogen) atoms. The van der Waals surface area contributed by atoms with E-state index in [1.54, 1.807) is 36.4 Å². The Kier molecular flexibility index (Phi) is 5.04. The van der Waals surface area contributed by atoms with E-state index in [4.69, 9.17) is 4.74 Å². The predicted molar refractivity (Wildman–Crippen MR) is 158 cm³/mol. The monoisotopic (exact) mass is 546 g/mol. The molecule has 0 bridgehead atoms. The van der Waals surface area contributed by atoms with Gasteiger partial charge in [-0.1, -0.05) is 17.7 Å². The van der Waals surface area contributed by atoms with Gasteiger partial charge < -0.3 is 4.74 Å². The van der Waals surface area contributed by atoms with Crippen molar-refractivity contribution in [3.63, 3.8) is 0 Å². The van der Waals surface area contributed by atoms with Gasteiger partial charge in [0.2, 0.25) is 0 Å². The van der Waals surface area contributed by atoms with Crippen LogP contribution in [0.5, 0.6) is 11.5 Å². The van der Waals surface area contributed by atoms with E-state index in [1.807, 2.05) is 31.2 Å². The zero-order valence-corrected chi connectivity index (χ0v) is 22.0. The second-order valence-electron chi connectivity index (χ2n) is 9.74. The smallest absolute Gasteiger partial charge is 0.266 e. The second kappa shape index (κ2) is 8.42. The average molecular weight is 547 g/mol. The Morgan fingerprint density at radius 2 is 1.02 bits per heavy atom. The molecule has 0 saturated carbocycles. The van der Waals surface area contributed by atoms with Crippen LogP contribution < -0.4 is 32.4 Å². The van der Waals surface area contributed by atoms with Crippen LogP contribution in [0.3, 0.4) is 0 Å². The van der Waals surface area contributed by atoms with E-state index in [9.17, 15) is 24.0 Å². The van der Waals surface area contributed by atoms with E-state index in [1.165, 1.54) is 30.5 Å². The predicted octanol–water partition coefficient (Wildman–Crippen LogP) is 4.27. The SMILES string of the molecule is Cc1ccc(Oc2ccc(-n3c(=O)c4cc5sc6cc7c(=O)n(C)c(=O)c7cc6c(=O)c5cc4c3=O)cc2)cc1. The largest absolute Gasteiger partial charge is 0.457 e. The number of benzene rings is 4. The normalized spacial score (nSPS) is 11.8. The fourth-order valence-corrected chi connectivity index (χ4v) is 6.20. The van der Waals surface area contributed by atoms with Crippen molar-refractivity contribution in [3.05, 3.63) is 130 Å². The van der Waals surface area contributed by atoms with Gasteiger partial charge >= 0.3 is 0 Å². The van der Waals surface area contributed by atoms with Gasteiger partial charge in [0.25, 0.3) is 22.2 Å². The van der Waals surface area contributed by atoms with E-state index in [-0.39, 0.29) is 37.7 Å². The molecule has 0 aliphatic heterocycles. The van der Waals surface area contributed by atoms with Crippen LogP contribution in [0, 0.1) is 6.92 Å². The molecule has 194 valence electrons. The summed E-state index contributed by atoms with van der Waals surface area (Å²) in [7, 11) is 1.39. The summed E-state index contributed by atoms with van der Waals surface area (Å²) >= 11 is 1.23. The maximum Gasteiger partial charge on any atom is 0.266 e. The maximum absolute atomic E-state index is 13.5. The molecular weight excluding hydrogens is 528 g/mol. The van der Waals surface area contributed by atoms with E-state index >= 15 is 0 Å². The summed E-state index contributed by atoms with van der Waals surface area (Å²) in [6.07, 6.45) is 0. The zero-order valence-electron chi connectivity index (χ0n) is 21.2. The van der Waals surface area contributed by atoms with Crippen molar-refractivity contribution in [2.45, 2.75) is 6.92 Å². The first-order chi connectivity index (χ1) is 19.2. The van der Waals surface area contributed by atoms with Crippen molar-refractivity contribution in [2.75, 3.05) is 0 Å². The first-order valence-electron chi connectivity index (χ1n) is 12.4. The number of ether oxygens (including phenoxy) is 1. The van der Waals surface area contributed by atoms with Crippen molar-refractivity contribution in [1.29, 1.82) is 0 Å². The van der Waals surface area contributed by atoms with E-state index in [0.717, 1.165) is 14.7 Å². The number of aromatic nitrogens is 2. The molecule has 7 rings (SSSR count). The number of nitrogens with zero attached hydrogens (tertiary/aromatic N) is 2. The molecule has 0 saturated heterocycles. The topological polar surface area (TPSA) is 104 Å². The van der Waals surface area contributed by atoms with Crippen molar-refractivity contribution in [3.8, 4) is 17.2 Å². The van der Waals surface area contributed by atoms with Crippen LogP contribution in [0.15, 0.2) is 96.8 Å². The van der Waals surface area contributed by atoms with Gasteiger partial charge in [-0.2, -0.15) is 0 Å². The average Bonchev–Trinajstić information content (AvgIpc) is 3.32. The molecule has 0 atom stereocenters. The second-order valence-corrected chi connectivity index (χ2v) is 10.8. The molecule has 4 aromatic carbocycles. The Morgan fingerprint density at radius 1 is 0.575 bits per heavy atom. The summed E-state index contributed by atoms with van der Waals surface area (Å²) < 4.78 is 8.97. The summed E-state index contributed by atoms with van der Waals surface area (Å²) in [6, 6.07) is 20.2. The van der Waals surface area contributed by atoms with Crippen molar-refractivity contribution in [2.24, 2.45) is 7.05 Å². The molecule has 0 radical (unpaired) electrons. The highest BCUT2D eigenvalue weighted by Crippen LogP contribution is 2.29. The molecule has 0 aliphatic rings. The van der Waals surface area contributed by atoms with E-state index in [0.29, 0.717) is 26.6 Å². The fourth-order valence-electron chi connectivity index (χ4n) is 5.08. The lowest BCUT2D eigenvalue weighted by Crippen LogP contribution is -2.23. The maximum atomic E-state index is 13.5. The van der Waals surface area contributed by atoms with Gasteiger partial charge in [0.1, 0.15) is 11.5 Å². The Labute approximate surface area is 227 Å². The summed E-state index contributed by atoms with van der Waals surface area (Å²) in [5, 5.41) is 1.30. The molecule has 3 heterocycles. The van der Waals surface area contributed by atoms with Crippen LogP contribution in [0.25, 0.3) is 47.4 Å². The van der Waals surface area contributed by atoms with Crippen molar-refractivity contribution >= 4 is 53.1 Å². The molecule has 0 spiro atoms. The molecular formula is C31H18N2O6S. The number of hydrogen-bond donors (Lipinski definition) is 0. The van der Waals surface area contributed by atoms with Crippen molar-refractivity contribution in [1.82, 2.24) is 9.13 Å².